The van der Waals surface area contributed by atoms with Crippen LogP contribution in [0.3, 0.4) is 0 Å². The van der Waals surface area contributed by atoms with Crippen LogP contribution in [0.2, 0.25) is 5.02 Å². The van der Waals surface area contributed by atoms with Crippen molar-refractivity contribution in [2.24, 2.45) is 0 Å². The van der Waals surface area contributed by atoms with Crippen molar-refractivity contribution in [1.29, 1.82) is 0 Å². The lowest BCUT2D eigenvalue weighted by molar-refractivity contribution is -0.384. The maximum Gasteiger partial charge on any atom is 0.338 e. The van der Waals surface area contributed by atoms with Crippen molar-refractivity contribution in [3.63, 3.8) is 0 Å². The number of halogens is 2. The van der Waals surface area contributed by atoms with E-state index in [2.05, 4.69) is 0 Å². The fourth-order valence-electron chi connectivity index (χ4n) is 2.07. The van der Waals surface area contributed by atoms with Gasteiger partial charge >= 0.3 is 5.97 Å². The first kappa shape index (κ1) is 19.3. The van der Waals surface area contributed by atoms with Gasteiger partial charge < -0.3 is 9.64 Å². The standard InChI is InChI=1S/C17H14ClFN2O5/c1-20(9-12-4-2-3-5-14(12)19)16(22)10-26-17(23)11-6-7-13(18)15(8-11)21(24)25/h2-8H,9-10H2,1H3. The molecule has 0 aliphatic heterocycles. The van der Waals surface area contributed by atoms with Crippen LogP contribution in [0, 0.1) is 15.9 Å². The number of nitrogens with zero attached hydrogens (tertiary/aromatic N) is 2. The lowest BCUT2D eigenvalue weighted by Crippen LogP contribution is -2.31. The van der Waals surface area contributed by atoms with Crippen LogP contribution in [0.25, 0.3) is 0 Å². The maximum absolute atomic E-state index is 13.6. The topological polar surface area (TPSA) is 89.8 Å². The Hall–Kier alpha value is -3.00. The van der Waals surface area contributed by atoms with Crippen LogP contribution in [0.5, 0.6) is 0 Å². The number of hydrogen-bond acceptors (Lipinski definition) is 5. The zero-order valence-electron chi connectivity index (χ0n) is 13.6. The van der Waals surface area contributed by atoms with E-state index in [4.69, 9.17) is 16.3 Å². The Kier molecular flexibility index (Phi) is 6.24. The quantitative estimate of drug-likeness (QED) is 0.436. The van der Waals surface area contributed by atoms with E-state index in [0.29, 0.717) is 5.56 Å². The summed E-state index contributed by atoms with van der Waals surface area (Å²) in [6.07, 6.45) is 0. The Balaban J connectivity index is 1.96. The van der Waals surface area contributed by atoms with Crippen molar-refractivity contribution in [2.75, 3.05) is 13.7 Å². The second kappa shape index (κ2) is 8.39. The molecule has 0 unspecified atom stereocenters. The number of nitro benzene ring substituents is 1. The van der Waals surface area contributed by atoms with Crippen molar-refractivity contribution in [2.45, 2.75) is 6.54 Å². The second-order valence-electron chi connectivity index (χ2n) is 5.34. The van der Waals surface area contributed by atoms with E-state index >= 15 is 0 Å². The fraction of sp³-hybridized carbons (Fsp3) is 0.176. The first-order valence-corrected chi connectivity index (χ1v) is 7.76. The average Bonchev–Trinajstić information content (AvgIpc) is 2.61. The van der Waals surface area contributed by atoms with E-state index in [9.17, 15) is 24.1 Å². The summed E-state index contributed by atoms with van der Waals surface area (Å²) >= 11 is 5.67. The molecule has 0 aromatic heterocycles. The Morgan fingerprint density at radius 2 is 1.96 bits per heavy atom. The number of esters is 1. The summed E-state index contributed by atoms with van der Waals surface area (Å²) in [7, 11) is 1.44. The minimum Gasteiger partial charge on any atom is -0.452 e. The largest absolute Gasteiger partial charge is 0.452 e. The molecule has 1 amide bonds. The van der Waals surface area contributed by atoms with E-state index < -0.39 is 34.9 Å². The fourth-order valence-corrected chi connectivity index (χ4v) is 2.26. The van der Waals surface area contributed by atoms with Gasteiger partial charge in [-0.15, -0.1) is 0 Å². The zero-order chi connectivity index (χ0) is 19.3. The van der Waals surface area contributed by atoms with Gasteiger partial charge in [-0.1, -0.05) is 29.8 Å². The Labute approximate surface area is 153 Å². The van der Waals surface area contributed by atoms with Gasteiger partial charge in [0.05, 0.1) is 10.5 Å². The predicted octanol–water partition coefficient (Wildman–Crippen LogP) is 3.20. The maximum atomic E-state index is 13.6. The summed E-state index contributed by atoms with van der Waals surface area (Å²) in [6, 6.07) is 9.42. The first-order chi connectivity index (χ1) is 12.3. The summed E-state index contributed by atoms with van der Waals surface area (Å²) < 4.78 is 18.5. The predicted molar refractivity (Wildman–Crippen MR) is 91.3 cm³/mol. The molecule has 9 heteroatoms. The second-order valence-corrected chi connectivity index (χ2v) is 5.75. The molecule has 0 saturated carbocycles. The molecule has 0 heterocycles. The lowest BCUT2D eigenvalue weighted by Gasteiger charge is -2.17. The van der Waals surface area contributed by atoms with Crippen molar-refractivity contribution in [3.8, 4) is 0 Å². The van der Waals surface area contributed by atoms with Crippen LogP contribution in [0.4, 0.5) is 10.1 Å². The van der Waals surface area contributed by atoms with Gasteiger partial charge in [-0.05, 0) is 18.2 Å². The Morgan fingerprint density at radius 1 is 1.27 bits per heavy atom. The summed E-state index contributed by atoms with van der Waals surface area (Å²) in [5.41, 5.74) is -0.224. The van der Waals surface area contributed by atoms with Gasteiger partial charge in [0, 0.05) is 25.2 Å². The molecule has 0 radical (unpaired) electrons. The average molecular weight is 381 g/mol. The molecule has 0 atom stereocenters. The van der Waals surface area contributed by atoms with Gasteiger partial charge in [0.15, 0.2) is 6.61 Å². The molecule has 2 aromatic rings. The first-order valence-electron chi connectivity index (χ1n) is 7.38. The summed E-state index contributed by atoms with van der Waals surface area (Å²) in [5, 5.41) is 10.7. The summed E-state index contributed by atoms with van der Waals surface area (Å²) in [6.45, 7) is -0.574. The minimum atomic E-state index is -0.905. The van der Waals surface area contributed by atoms with Gasteiger partial charge in [-0.25, -0.2) is 9.18 Å². The number of ether oxygens (including phenoxy) is 1. The van der Waals surface area contributed by atoms with Crippen LogP contribution in [-0.4, -0.2) is 35.4 Å². The highest BCUT2D eigenvalue weighted by Crippen LogP contribution is 2.25. The molecule has 0 N–H and O–H groups in total. The highest BCUT2D eigenvalue weighted by molar-refractivity contribution is 6.32. The summed E-state index contributed by atoms with van der Waals surface area (Å²) in [4.78, 5) is 35.3. The smallest absolute Gasteiger partial charge is 0.338 e. The molecular weight excluding hydrogens is 367 g/mol. The SMILES string of the molecule is CN(Cc1ccccc1F)C(=O)COC(=O)c1ccc(Cl)c([N+](=O)[O-])c1. The molecule has 2 rings (SSSR count). The molecule has 26 heavy (non-hydrogen) atoms. The third kappa shape index (κ3) is 4.76. The van der Waals surface area contributed by atoms with E-state index in [1.165, 1.54) is 42.3 Å². The Morgan fingerprint density at radius 3 is 2.62 bits per heavy atom. The molecule has 0 aliphatic carbocycles. The minimum absolute atomic E-state index is 0.00940. The van der Waals surface area contributed by atoms with E-state index in [1.807, 2.05) is 0 Å². The van der Waals surface area contributed by atoms with Crippen molar-refractivity contribution in [1.82, 2.24) is 4.90 Å². The van der Waals surface area contributed by atoms with Gasteiger partial charge in [0.1, 0.15) is 10.8 Å². The van der Waals surface area contributed by atoms with Crippen LogP contribution >= 0.6 is 11.6 Å². The molecular formula is C17H14ClFN2O5. The molecule has 7 nitrogen and oxygen atoms in total. The van der Waals surface area contributed by atoms with E-state index in [-0.39, 0.29) is 17.1 Å². The lowest BCUT2D eigenvalue weighted by atomic mass is 10.2. The molecule has 0 bridgehead atoms. The Bertz CT molecular complexity index is 859. The molecule has 0 aliphatic rings. The van der Waals surface area contributed by atoms with Crippen molar-refractivity contribution >= 4 is 29.2 Å². The number of nitro groups is 1. The molecule has 0 saturated heterocycles. The van der Waals surface area contributed by atoms with Crippen LogP contribution < -0.4 is 0 Å². The molecule has 0 spiro atoms. The molecule has 0 fully saturated rings. The van der Waals surface area contributed by atoms with Gasteiger partial charge in [-0.2, -0.15) is 0 Å². The number of amides is 1. The van der Waals surface area contributed by atoms with Crippen LogP contribution in [-0.2, 0) is 16.1 Å². The number of rotatable bonds is 6. The van der Waals surface area contributed by atoms with E-state index in [0.717, 1.165) is 6.07 Å². The van der Waals surface area contributed by atoms with Gasteiger partial charge in [0.25, 0.3) is 11.6 Å². The highest BCUT2D eigenvalue weighted by Gasteiger charge is 2.19. The van der Waals surface area contributed by atoms with Crippen LogP contribution in [0.15, 0.2) is 42.5 Å². The van der Waals surface area contributed by atoms with Crippen molar-refractivity contribution < 1.29 is 23.6 Å². The number of carbonyl (C=O) groups is 2. The number of hydrogen-bond donors (Lipinski definition) is 0. The third-order valence-electron chi connectivity index (χ3n) is 3.50. The molecule has 136 valence electrons. The zero-order valence-corrected chi connectivity index (χ0v) is 14.4. The van der Waals surface area contributed by atoms with Gasteiger partial charge in [-0.3, -0.25) is 14.9 Å². The summed E-state index contributed by atoms with van der Waals surface area (Å²) in [5.74, 6) is -1.90. The molecule has 2 aromatic carbocycles. The monoisotopic (exact) mass is 380 g/mol. The normalized spacial score (nSPS) is 10.3. The number of carbonyl (C=O) groups excluding carboxylic acids is 2. The third-order valence-corrected chi connectivity index (χ3v) is 3.82. The van der Waals surface area contributed by atoms with E-state index in [1.54, 1.807) is 6.07 Å². The number of likely N-dealkylation sites (N-methyl/N-ethyl adjacent to an activating group) is 1. The van der Waals surface area contributed by atoms with Crippen LogP contribution in [0.1, 0.15) is 15.9 Å². The number of benzene rings is 2. The van der Waals surface area contributed by atoms with Gasteiger partial charge in [0.2, 0.25) is 0 Å². The highest BCUT2D eigenvalue weighted by atomic mass is 35.5. The van der Waals surface area contributed by atoms with Crippen molar-refractivity contribution in [3.05, 3.63) is 74.5 Å².